The van der Waals surface area contributed by atoms with Gasteiger partial charge in [-0.05, 0) is 18.8 Å². The van der Waals surface area contributed by atoms with Gasteiger partial charge < -0.3 is 10.4 Å². The summed E-state index contributed by atoms with van der Waals surface area (Å²) in [5.41, 5.74) is 0.546. The fraction of sp³-hybridized carbons (Fsp3) is 0.643. The van der Waals surface area contributed by atoms with Crippen molar-refractivity contribution >= 4 is 11.9 Å². The van der Waals surface area contributed by atoms with E-state index in [2.05, 4.69) is 17.3 Å². The minimum absolute atomic E-state index is 0.133. The van der Waals surface area contributed by atoms with E-state index in [0.29, 0.717) is 24.4 Å². The molecule has 0 aliphatic carbocycles. The van der Waals surface area contributed by atoms with Gasteiger partial charge in [-0.2, -0.15) is 5.10 Å². The number of nitrogens with zero attached hydrogens (tertiary/aromatic N) is 2. The molecule has 0 aromatic carbocycles. The molecule has 1 aromatic heterocycles. The number of hydrogen-bond donors (Lipinski definition) is 2. The molecule has 0 radical (unpaired) electrons. The summed E-state index contributed by atoms with van der Waals surface area (Å²) in [4.78, 5) is 22.4. The molecule has 0 aliphatic heterocycles. The van der Waals surface area contributed by atoms with Gasteiger partial charge in [0.15, 0.2) is 0 Å². The molecule has 1 unspecified atom stereocenters. The Hall–Kier alpha value is -1.85. The lowest BCUT2D eigenvalue weighted by molar-refractivity contribution is -0.137. The quantitative estimate of drug-likeness (QED) is 0.723. The maximum absolute atomic E-state index is 11.8. The van der Waals surface area contributed by atoms with Crippen LogP contribution in [0.3, 0.4) is 0 Å². The first kappa shape index (κ1) is 16.2. The van der Waals surface area contributed by atoms with Crippen LogP contribution in [0.4, 0.5) is 0 Å². The van der Waals surface area contributed by atoms with Gasteiger partial charge in [0, 0.05) is 26.2 Å². The number of amides is 1. The van der Waals surface area contributed by atoms with Crippen molar-refractivity contribution in [1.29, 1.82) is 0 Å². The smallest absolute Gasteiger partial charge is 0.303 e. The topological polar surface area (TPSA) is 84.2 Å². The standard InChI is InChI=1S/C14H23N3O3/c1-3-4-11(5-6-13(18)19)7-8-15-14(20)12-9-16-17(2)10-12/h9-11H,3-8H2,1-2H3,(H,15,20)(H,18,19). The van der Waals surface area contributed by atoms with Gasteiger partial charge in [-0.25, -0.2) is 0 Å². The number of aryl methyl sites for hydroxylation is 1. The van der Waals surface area contributed by atoms with E-state index in [9.17, 15) is 9.59 Å². The number of hydrogen-bond acceptors (Lipinski definition) is 3. The Morgan fingerprint density at radius 3 is 2.70 bits per heavy atom. The van der Waals surface area contributed by atoms with Gasteiger partial charge in [0.05, 0.1) is 11.8 Å². The molecule has 1 amide bonds. The van der Waals surface area contributed by atoms with Gasteiger partial charge in [-0.15, -0.1) is 0 Å². The SMILES string of the molecule is CCCC(CCNC(=O)c1cnn(C)c1)CCC(=O)O. The molecule has 1 heterocycles. The maximum Gasteiger partial charge on any atom is 0.303 e. The number of carboxylic acids is 1. The first-order chi connectivity index (χ1) is 9.52. The molecule has 0 bridgehead atoms. The van der Waals surface area contributed by atoms with Crippen LogP contribution in [0.15, 0.2) is 12.4 Å². The highest BCUT2D eigenvalue weighted by Crippen LogP contribution is 2.17. The zero-order chi connectivity index (χ0) is 15.0. The largest absolute Gasteiger partial charge is 0.481 e. The molecular formula is C14H23N3O3. The Labute approximate surface area is 119 Å². The summed E-state index contributed by atoms with van der Waals surface area (Å²) >= 11 is 0. The number of carbonyl (C=O) groups is 2. The molecule has 0 spiro atoms. The summed E-state index contributed by atoms with van der Waals surface area (Å²) in [6.45, 7) is 2.65. The van der Waals surface area contributed by atoms with E-state index >= 15 is 0 Å². The lowest BCUT2D eigenvalue weighted by Crippen LogP contribution is -2.25. The molecule has 0 fully saturated rings. The Morgan fingerprint density at radius 2 is 2.15 bits per heavy atom. The van der Waals surface area contributed by atoms with E-state index < -0.39 is 5.97 Å². The third-order valence-corrected chi connectivity index (χ3v) is 3.27. The zero-order valence-corrected chi connectivity index (χ0v) is 12.1. The second kappa shape index (κ2) is 8.35. The third kappa shape index (κ3) is 5.86. The van der Waals surface area contributed by atoms with Crippen LogP contribution < -0.4 is 5.32 Å². The van der Waals surface area contributed by atoms with E-state index in [4.69, 9.17) is 5.11 Å². The van der Waals surface area contributed by atoms with Crippen LogP contribution in [0.25, 0.3) is 0 Å². The summed E-state index contributed by atoms with van der Waals surface area (Å²) < 4.78 is 1.58. The molecule has 20 heavy (non-hydrogen) atoms. The van der Waals surface area contributed by atoms with E-state index in [1.54, 1.807) is 17.9 Å². The summed E-state index contributed by atoms with van der Waals surface area (Å²) in [5, 5.41) is 15.5. The first-order valence-electron chi connectivity index (χ1n) is 7.01. The lowest BCUT2D eigenvalue weighted by Gasteiger charge is -2.15. The molecule has 6 heteroatoms. The number of nitrogens with one attached hydrogen (secondary N) is 1. The van der Waals surface area contributed by atoms with Crippen molar-refractivity contribution in [3.8, 4) is 0 Å². The summed E-state index contributed by atoms with van der Waals surface area (Å²) in [7, 11) is 1.76. The highest BCUT2D eigenvalue weighted by molar-refractivity contribution is 5.93. The molecule has 1 rings (SSSR count). The summed E-state index contributed by atoms with van der Waals surface area (Å²) in [6, 6.07) is 0. The highest BCUT2D eigenvalue weighted by atomic mass is 16.4. The molecule has 0 saturated heterocycles. The van der Waals surface area contributed by atoms with Crippen molar-refractivity contribution in [2.24, 2.45) is 13.0 Å². The highest BCUT2D eigenvalue weighted by Gasteiger charge is 2.12. The third-order valence-electron chi connectivity index (χ3n) is 3.27. The molecule has 112 valence electrons. The normalized spacial score (nSPS) is 12.1. The van der Waals surface area contributed by atoms with E-state index in [1.807, 2.05) is 0 Å². The Bertz CT molecular complexity index is 443. The van der Waals surface area contributed by atoms with Crippen LogP contribution in [0.2, 0.25) is 0 Å². The Morgan fingerprint density at radius 1 is 1.40 bits per heavy atom. The van der Waals surface area contributed by atoms with Crippen molar-refractivity contribution < 1.29 is 14.7 Å². The predicted octanol–water partition coefficient (Wildman–Crippen LogP) is 1.82. The zero-order valence-electron chi connectivity index (χ0n) is 12.1. The monoisotopic (exact) mass is 281 g/mol. The predicted molar refractivity (Wildman–Crippen MR) is 75.4 cm³/mol. The second-order valence-corrected chi connectivity index (χ2v) is 5.03. The molecule has 6 nitrogen and oxygen atoms in total. The van der Waals surface area contributed by atoms with E-state index in [1.165, 1.54) is 6.20 Å². The fourth-order valence-corrected chi connectivity index (χ4v) is 2.20. The average molecular weight is 281 g/mol. The molecule has 1 aromatic rings. The van der Waals surface area contributed by atoms with Crippen LogP contribution in [0.5, 0.6) is 0 Å². The van der Waals surface area contributed by atoms with Crippen LogP contribution in [-0.2, 0) is 11.8 Å². The summed E-state index contributed by atoms with van der Waals surface area (Å²) in [5.74, 6) is -0.539. The molecule has 1 atom stereocenters. The van der Waals surface area contributed by atoms with Crippen LogP contribution >= 0.6 is 0 Å². The minimum atomic E-state index is -0.759. The van der Waals surface area contributed by atoms with Gasteiger partial charge in [0.25, 0.3) is 5.91 Å². The molecular weight excluding hydrogens is 258 g/mol. The van der Waals surface area contributed by atoms with Gasteiger partial charge in [-0.3, -0.25) is 14.3 Å². The van der Waals surface area contributed by atoms with Crippen molar-refractivity contribution in [3.05, 3.63) is 18.0 Å². The van der Waals surface area contributed by atoms with Crippen molar-refractivity contribution in [2.75, 3.05) is 6.54 Å². The average Bonchev–Trinajstić information content (AvgIpc) is 2.82. The van der Waals surface area contributed by atoms with Crippen LogP contribution in [-0.4, -0.2) is 33.3 Å². The molecule has 0 aliphatic rings. The van der Waals surface area contributed by atoms with Crippen LogP contribution in [0.1, 0.15) is 49.4 Å². The maximum atomic E-state index is 11.8. The molecule has 2 N–H and O–H groups in total. The number of aliphatic carboxylic acids is 1. The van der Waals surface area contributed by atoms with Gasteiger partial charge >= 0.3 is 5.97 Å². The van der Waals surface area contributed by atoms with E-state index in [-0.39, 0.29) is 12.3 Å². The number of rotatable bonds is 9. The second-order valence-electron chi connectivity index (χ2n) is 5.03. The Balaban J connectivity index is 2.32. The molecule has 0 saturated carbocycles. The van der Waals surface area contributed by atoms with Crippen molar-refractivity contribution in [3.63, 3.8) is 0 Å². The fourth-order valence-electron chi connectivity index (χ4n) is 2.20. The van der Waals surface area contributed by atoms with Gasteiger partial charge in [0.1, 0.15) is 0 Å². The number of carbonyl (C=O) groups excluding carboxylic acids is 1. The number of carboxylic acid groups (broad SMARTS) is 1. The van der Waals surface area contributed by atoms with Gasteiger partial charge in [0.2, 0.25) is 0 Å². The summed E-state index contributed by atoms with van der Waals surface area (Å²) in [6.07, 6.45) is 6.91. The van der Waals surface area contributed by atoms with Gasteiger partial charge in [-0.1, -0.05) is 19.8 Å². The van der Waals surface area contributed by atoms with Crippen LogP contribution in [0, 0.1) is 5.92 Å². The first-order valence-corrected chi connectivity index (χ1v) is 7.01. The lowest BCUT2D eigenvalue weighted by atomic mass is 9.94. The van der Waals surface area contributed by atoms with Crippen molar-refractivity contribution in [1.82, 2.24) is 15.1 Å². The minimum Gasteiger partial charge on any atom is -0.481 e. The number of aromatic nitrogens is 2. The van der Waals surface area contributed by atoms with E-state index in [0.717, 1.165) is 19.3 Å². The Kier molecular flexibility index (Phi) is 6.76. The van der Waals surface area contributed by atoms with Crippen molar-refractivity contribution in [2.45, 2.75) is 39.0 Å².